The van der Waals surface area contributed by atoms with Gasteiger partial charge in [0.1, 0.15) is 11.4 Å². The maximum atomic E-state index is 13.6. The van der Waals surface area contributed by atoms with Crippen LogP contribution in [0.4, 0.5) is 11.4 Å². The first-order valence-corrected chi connectivity index (χ1v) is 12.7. The molecule has 2 aliphatic heterocycles. The Hall–Kier alpha value is -3.46. The maximum absolute atomic E-state index is 13.6. The van der Waals surface area contributed by atoms with E-state index in [-0.39, 0.29) is 23.1 Å². The third-order valence-electron chi connectivity index (χ3n) is 9.71. The Bertz CT molecular complexity index is 1380. The minimum Gasteiger partial charge on any atom is -0.381 e. The van der Waals surface area contributed by atoms with E-state index in [1.807, 2.05) is 25.1 Å². The van der Waals surface area contributed by atoms with Gasteiger partial charge in [0.15, 0.2) is 0 Å². The minimum absolute atomic E-state index is 0.00810. The predicted octanol–water partition coefficient (Wildman–Crippen LogP) is 2.86. The van der Waals surface area contributed by atoms with E-state index in [1.165, 1.54) is 11.1 Å². The first-order chi connectivity index (χ1) is 17.3. The molecule has 2 spiro atoms. The molecule has 1 saturated heterocycles. The van der Waals surface area contributed by atoms with Gasteiger partial charge in [0.25, 0.3) is 11.8 Å². The normalized spacial score (nSPS) is 30.7. The zero-order valence-electron chi connectivity index (χ0n) is 20.4. The van der Waals surface area contributed by atoms with Crippen LogP contribution in [0.1, 0.15) is 55.1 Å². The number of carbonyl (C=O) groups excluding carboxylic acids is 3. The lowest BCUT2D eigenvalue weighted by atomic mass is 9.75. The van der Waals surface area contributed by atoms with Gasteiger partial charge in [-0.1, -0.05) is 6.07 Å². The smallest absolute Gasteiger partial charge is 0.274 e. The van der Waals surface area contributed by atoms with E-state index in [0.29, 0.717) is 48.5 Å². The topological polar surface area (TPSA) is 114 Å². The number of ether oxygens (including phenoxy) is 1. The van der Waals surface area contributed by atoms with E-state index < -0.39 is 5.41 Å². The number of carbonyl (C=O) groups is 3. The van der Waals surface area contributed by atoms with Crippen LogP contribution in [-0.2, 0) is 26.8 Å². The van der Waals surface area contributed by atoms with Crippen molar-refractivity contribution in [3.63, 3.8) is 0 Å². The zero-order valence-corrected chi connectivity index (χ0v) is 20.4. The third kappa shape index (κ3) is 2.74. The Balaban J connectivity index is 1.18. The number of amides is 3. The summed E-state index contributed by atoms with van der Waals surface area (Å²) in [7, 11) is 1.70. The molecule has 1 aromatic heterocycles. The highest BCUT2D eigenvalue weighted by molar-refractivity contribution is 6.10. The number of allylic oxidation sites excluding steroid dienone is 1. The van der Waals surface area contributed by atoms with Gasteiger partial charge in [0, 0.05) is 43.2 Å². The Morgan fingerprint density at radius 1 is 1.19 bits per heavy atom. The van der Waals surface area contributed by atoms with Crippen molar-refractivity contribution in [2.45, 2.75) is 44.4 Å². The molecular formula is C27H29N5O4. The minimum atomic E-state index is -0.556. The summed E-state index contributed by atoms with van der Waals surface area (Å²) >= 11 is 0. The fourth-order valence-corrected chi connectivity index (χ4v) is 7.42. The van der Waals surface area contributed by atoms with E-state index in [1.54, 1.807) is 19.3 Å². The number of benzene rings is 1. The number of rotatable bonds is 5. The molecule has 3 unspecified atom stereocenters. The highest BCUT2D eigenvalue weighted by atomic mass is 16.5. The molecule has 3 heterocycles. The van der Waals surface area contributed by atoms with Crippen LogP contribution in [0.15, 0.2) is 41.7 Å². The summed E-state index contributed by atoms with van der Waals surface area (Å²) in [6, 6.07) is 7.20. The molecule has 3 aliphatic carbocycles. The molecule has 0 bridgehead atoms. The molecular weight excluding hydrogens is 458 g/mol. The molecule has 3 amide bonds. The quantitative estimate of drug-likeness (QED) is 0.561. The predicted molar refractivity (Wildman–Crippen MR) is 131 cm³/mol. The molecule has 0 radical (unpaired) electrons. The fourth-order valence-electron chi connectivity index (χ4n) is 7.42. The van der Waals surface area contributed by atoms with Crippen LogP contribution in [0.5, 0.6) is 0 Å². The van der Waals surface area contributed by atoms with Crippen LogP contribution >= 0.6 is 0 Å². The second-order valence-corrected chi connectivity index (χ2v) is 11.2. The van der Waals surface area contributed by atoms with Gasteiger partial charge < -0.3 is 20.7 Å². The summed E-state index contributed by atoms with van der Waals surface area (Å²) in [5, 5.41) is 13.0. The van der Waals surface area contributed by atoms with Gasteiger partial charge >= 0.3 is 0 Å². The lowest BCUT2D eigenvalue weighted by Gasteiger charge is -2.31. The molecule has 3 N–H and O–H groups in total. The summed E-state index contributed by atoms with van der Waals surface area (Å²) in [5.41, 5.74) is 3.77. The third-order valence-corrected chi connectivity index (χ3v) is 9.71. The van der Waals surface area contributed by atoms with Crippen LogP contribution in [0.25, 0.3) is 0 Å². The van der Waals surface area contributed by atoms with Crippen LogP contribution in [0, 0.1) is 16.7 Å². The van der Waals surface area contributed by atoms with Crippen LogP contribution < -0.4 is 16.0 Å². The van der Waals surface area contributed by atoms with E-state index >= 15 is 0 Å². The van der Waals surface area contributed by atoms with Crippen molar-refractivity contribution in [3.8, 4) is 0 Å². The van der Waals surface area contributed by atoms with Gasteiger partial charge in [-0.05, 0) is 79.7 Å². The SMILES string of the molecule is CC(=C(NC(=O)c1ccnn1C)C(=O)Nc1ccc2c(c1)NC(=O)C21CCOCC1)C12CC3CC31C2. The van der Waals surface area contributed by atoms with E-state index in [4.69, 9.17) is 4.74 Å². The average molecular weight is 488 g/mol. The van der Waals surface area contributed by atoms with Crippen molar-refractivity contribution in [1.29, 1.82) is 0 Å². The zero-order chi connectivity index (χ0) is 24.9. The fraction of sp³-hybridized carbons (Fsp3) is 0.481. The summed E-state index contributed by atoms with van der Waals surface area (Å²) in [6.45, 7) is 3.10. The number of nitrogens with one attached hydrogen (secondary N) is 3. The molecule has 1 aromatic carbocycles. The number of hydrogen-bond donors (Lipinski definition) is 3. The molecule has 186 valence electrons. The van der Waals surface area contributed by atoms with Gasteiger partial charge in [0.05, 0.1) is 5.41 Å². The van der Waals surface area contributed by atoms with Crippen molar-refractivity contribution < 1.29 is 19.1 Å². The van der Waals surface area contributed by atoms with Gasteiger partial charge in [-0.15, -0.1) is 0 Å². The molecule has 5 aliphatic rings. The Morgan fingerprint density at radius 2 is 2.00 bits per heavy atom. The molecule has 36 heavy (non-hydrogen) atoms. The lowest BCUT2D eigenvalue weighted by Crippen LogP contribution is -2.39. The molecule has 3 atom stereocenters. The van der Waals surface area contributed by atoms with Gasteiger partial charge in [-0.3, -0.25) is 19.1 Å². The number of aryl methyl sites for hydroxylation is 1. The number of fused-ring (bicyclic) bond motifs is 2. The number of nitrogens with zero attached hydrogens (tertiary/aromatic N) is 2. The van der Waals surface area contributed by atoms with Gasteiger partial charge in [-0.25, -0.2) is 0 Å². The molecule has 3 saturated carbocycles. The van der Waals surface area contributed by atoms with Gasteiger partial charge in [0.2, 0.25) is 5.91 Å². The summed E-state index contributed by atoms with van der Waals surface area (Å²) in [5.74, 6) is 0.0576. The van der Waals surface area contributed by atoms with Gasteiger partial charge in [-0.2, -0.15) is 5.10 Å². The van der Waals surface area contributed by atoms with Crippen molar-refractivity contribution >= 4 is 29.1 Å². The Labute approximate surface area is 208 Å². The van der Waals surface area contributed by atoms with Crippen LogP contribution in [0.3, 0.4) is 0 Å². The number of anilines is 2. The van der Waals surface area contributed by atoms with Crippen molar-refractivity contribution in [2.24, 2.45) is 23.8 Å². The summed E-state index contributed by atoms with van der Waals surface area (Å²) < 4.78 is 6.98. The Kier molecular flexibility index (Phi) is 4.28. The highest BCUT2D eigenvalue weighted by Crippen LogP contribution is 2.96. The largest absolute Gasteiger partial charge is 0.381 e. The van der Waals surface area contributed by atoms with Crippen molar-refractivity contribution in [3.05, 3.63) is 53.0 Å². The molecule has 4 fully saturated rings. The highest BCUT2D eigenvalue weighted by Gasteiger charge is 2.88. The van der Waals surface area contributed by atoms with E-state index in [0.717, 1.165) is 35.6 Å². The lowest BCUT2D eigenvalue weighted by molar-refractivity contribution is -0.124. The monoisotopic (exact) mass is 487 g/mol. The summed E-state index contributed by atoms with van der Waals surface area (Å²) in [6.07, 6.45) is 6.28. The standard InChI is InChI=1S/C27H29N5O4/c1-15(26-12-16-13-27(16,26)14-26)21(31-22(33)20-5-8-28-32(20)2)23(34)29-17-3-4-18-19(11-17)30-24(35)25(18)6-9-36-10-7-25/h3-5,8,11,16H,6-7,9-10,12-14H2,1-2H3,(H,29,34)(H,30,35)(H,31,33). The number of hydrogen-bond acceptors (Lipinski definition) is 5. The molecule has 9 nitrogen and oxygen atoms in total. The summed E-state index contributed by atoms with van der Waals surface area (Å²) in [4.78, 5) is 39.5. The Morgan fingerprint density at radius 3 is 2.64 bits per heavy atom. The van der Waals surface area contributed by atoms with Crippen molar-refractivity contribution in [1.82, 2.24) is 15.1 Å². The van der Waals surface area contributed by atoms with Crippen molar-refractivity contribution in [2.75, 3.05) is 23.8 Å². The molecule has 9 heteroatoms. The number of aromatic nitrogens is 2. The van der Waals surface area contributed by atoms with E-state index in [2.05, 4.69) is 21.0 Å². The maximum Gasteiger partial charge on any atom is 0.274 e. The van der Waals surface area contributed by atoms with E-state index in [9.17, 15) is 14.4 Å². The van der Waals surface area contributed by atoms with Crippen LogP contribution in [0.2, 0.25) is 0 Å². The second kappa shape index (κ2) is 7.06. The average Bonchev–Trinajstić information content (AvgIpc) is 3.43. The second-order valence-electron chi connectivity index (χ2n) is 11.2. The molecule has 2 aromatic rings. The first kappa shape index (κ1) is 21.8. The van der Waals surface area contributed by atoms with Crippen LogP contribution in [-0.4, -0.2) is 40.7 Å². The molecule has 7 rings (SSSR count). The first-order valence-electron chi connectivity index (χ1n) is 12.7.